The van der Waals surface area contributed by atoms with Crippen molar-refractivity contribution in [2.75, 3.05) is 0 Å². The van der Waals surface area contributed by atoms with Crippen molar-refractivity contribution in [3.8, 4) is 146 Å². The maximum absolute atomic E-state index is 7.26. The summed E-state index contributed by atoms with van der Waals surface area (Å²) in [6.45, 7) is 0. The van der Waals surface area contributed by atoms with E-state index in [0.29, 0.717) is 11.6 Å². The van der Waals surface area contributed by atoms with Gasteiger partial charge in [-0.25, -0.2) is 19.9 Å². The Morgan fingerprint density at radius 3 is 1.18 bits per heavy atom. The van der Waals surface area contributed by atoms with Gasteiger partial charge in [-0.3, -0.25) is 0 Å². The van der Waals surface area contributed by atoms with Gasteiger partial charge >= 0.3 is 0 Å². The van der Waals surface area contributed by atoms with Crippen LogP contribution in [0.25, 0.3) is 162 Å². The Kier molecular flexibility index (Phi) is 14.2. The van der Waals surface area contributed by atoms with Crippen LogP contribution in [0.2, 0.25) is 0 Å². The maximum atomic E-state index is 7.26. The van der Waals surface area contributed by atoms with Crippen molar-refractivity contribution in [3.05, 3.63) is 438 Å². The van der Waals surface area contributed by atoms with Crippen molar-refractivity contribution in [1.29, 1.82) is 0 Å². The van der Waals surface area contributed by atoms with Crippen LogP contribution >= 0.6 is 0 Å². The van der Waals surface area contributed by atoms with Crippen molar-refractivity contribution >= 4 is 38.4 Å². The molecule has 115 heavy (non-hydrogen) atoms. The number of benzene rings is 17. The molecule has 19 aromatic rings. The second-order valence-electron chi connectivity index (χ2n) is 31.0. The van der Waals surface area contributed by atoms with E-state index in [-0.39, 0.29) is 0 Å². The van der Waals surface area contributed by atoms with Crippen LogP contribution in [0.1, 0.15) is 55.6 Å². The molecule has 0 atom stereocenters. The van der Waals surface area contributed by atoms with Crippen LogP contribution in [0.4, 0.5) is 0 Å². The summed E-state index contributed by atoms with van der Waals surface area (Å²) in [5.41, 5.74) is 30.9. The van der Waals surface area contributed by atoms with E-state index in [1.54, 1.807) is 0 Å². The van der Waals surface area contributed by atoms with Crippen molar-refractivity contribution in [1.82, 2.24) is 19.9 Å². The molecule has 2 aliphatic heterocycles. The molecule has 5 aliphatic rings. The van der Waals surface area contributed by atoms with Crippen molar-refractivity contribution < 1.29 is 9.47 Å². The van der Waals surface area contributed by atoms with Gasteiger partial charge in [0.2, 0.25) is 0 Å². The quantitative estimate of drug-likeness (QED) is 0.134. The van der Waals surface area contributed by atoms with Gasteiger partial charge in [-0.1, -0.05) is 297 Å². The largest absolute Gasteiger partial charge is 0.457 e. The molecule has 0 saturated heterocycles. The van der Waals surface area contributed by atoms with Crippen molar-refractivity contribution in [2.24, 2.45) is 0 Å². The van der Waals surface area contributed by atoms with Gasteiger partial charge in [0.25, 0.3) is 0 Å². The summed E-state index contributed by atoms with van der Waals surface area (Å²) in [6, 6.07) is 137. The van der Waals surface area contributed by atoms with Crippen LogP contribution in [-0.4, -0.2) is 19.9 Å². The van der Waals surface area contributed by atoms with Gasteiger partial charge in [0.1, 0.15) is 23.0 Å². The lowest BCUT2D eigenvalue weighted by atomic mass is 9.65. The normalized spacial score (nSPS) is 13.6. The molecule has 6 heteroatoms. The van der Waals surface area contributed by atoms with Crippen LogP contribution in [0.5, 0.6) is 23.0 Å². The topological polar surface area (TPSA) is 70.0 Å². The number of nitrogens with zero attached hydrogens (tertiary/aromatic N) is 4. The van der Waals surface area contributed by atoms with E-state index < -0.39 is 10.8 Å². The van der Waals surface area contributed by atoms with Crippen LogP contribution in [0.15, 0.2) is 382 Å². The summed E-state index contributed by atoms with van der Waals surface area (Å²) in [6.07, 6.45) is 5.45. The zero-order valence-electron chi connectivity index (χ0n) is 62.3. The molecule has 0 unspecified atom stereocenters. The molecule has 6 nitrogen and oxygen atoms in total. The summed E-state index contributed by atoms with van der Waals surface area (Å²) >= 11 is 0. The van der Waals surface area contributed by atoms with Gasteiger partial charge < -0.3 is 9.47 Å². The third-order valence-electron chi connectivity index (χ3n) is 24.8. The molecule has 0 bridgehead atoms. The van der Waals surface area contributed by atoms with Crippen LogP contribution < -0.4 is 9.47 Å². The predicted octanol–water partition coefficient (Wildman–Crippen LogP) is 27.2. The number of hydrogen-bond donors (Lipinski definition) is 0. The molecule has 3 aliphatic carbocycles. The Hall–Kier alpha value is -15.0. The summed E-state index contributed by atoms with van der Waals surface area (Å²) in [5.74, 6) is 4.64. The molecule has 0 saturated carbocycles. The van der Waals surface area contributed by atoms with E-state index in [0.717, 1.165) is 147 Å². The molecule has 4 heterocycles. The van der Waals surface area contributed by atoms with Crippen LogP contribution in [0, 0.1) is 0 Å². The molecule has 0 N–H and O–H groups in total. The van der Waals surface area contributed by atoms with E-state index in [2.05, 4.69) is 382 Å². The van der Waals surface area contributed by atoms with E-state index in [1.165, 1.54) is 82.6 Å². The summed E-state index contributed by atoms with van der Waals surface area (Å²) < 4.78 is 14.2. The smallest absolute Gasteiger partial charge is 0.160 e. The molecule has 0 radical (unpaired) electrons. The number of ether oxygens (including phenoxy) is 2. The molecule has 534 valence electrons. The first-order valence-electron chi connectivity index (χ1n) is 39.5. The summed E-state index contributed by atoms with van der Waals surface area (Å²) in [7, 11) is 0. The lowest BCUT2D eigenvalue weighted by Crippen LogP contribution is -2.32. The molecule has 2 spiro atoms. The molecule has 2 aromatic heterocycles. The lowest BCUT2D eigenvalue weighted by Gasteiger charge is -2.40. The molecular weight excluding hydrogens is 1400 g/mol. The van der Waals surface area contributed by atoms with E-state index in [4.69, 9.17) is 29.4 Å². The van der Waals surface area contributed by atoms with E-state index in [1.807, 2.05) is 6.07 Å². The Balaban J connectivity index is 0.629. The van der Waals surface area contributed by atoms with E-state index >= 15 is 0 Å². The average molecular weight is 1460 g/mol. The highest BCUT2D eigenvalue weighted by molar-refractivity contribution is 6.09. The third kappa shape index (κ3) is 9.95. The number of allylic oxidation sites excluding steroid dienone is 1. The highest BCUT2D eigenvalue weighted by Gasteiger charge is 2.53. The average Bonchev–Trinajstić information content (AvgIpc) is 1.53. The molecule has 0 fully saturated rings. The molecule has 17 aromatic carbocycles. The van der Waals surface area contributed by atoms with Gasteiger partial charge in [0.05, 0.1) is 33.6 Å². The van der Waals surface area contributed by atoms with Gasteiger partial charge in [-0.2, -0.15) is 0 Å². The summed E-state index contributed by atoms with van der Waals surface area (Å²) in [4.78, 5) is 21.9. The minimum absolute atomic E-state index is 0.603. The number of para-hydroxylation sites is 1. The van der Waals surface area contributed by atoms with Gasteiger partial charge in [-0.05, 0) is 219 Å². The zero-order chi connectivity index (χ0) is 75.5. The monoisotopic (exact) mass is 1460 g/mol. The standard InChI is InChI=1S/C109H66N4O2/c1-2-22-68(23-3-1)106-110-98(65-100(113-106)82-59-79-31-16-24-67-25-17-32-80(60-82)105(67)79)77-30-19-27-70(56-77)73-49-53-103-95(62-73)109(91-41-12-8-37-87(91)88-38-9-13-42-92(88)109)96-63-74(50-54-104(96)115-103)71-28-20-33-81(57-71)107-111-97(64-99(112-107)78-47-51-84-75(58-78)46-45-66-21-4-5-34-83(66)84)76-29-18-26-69(55-76)72-48-52-102-94(61-72)108(93-43-14-15-44-101(93)114-102)89-39-10-6-35-85(89)86-36-7-11-40-90(86)108/h1-24,26-65H,25H2. The lowest BCUT2D eigenvalue weighted by molar-refractivity contribution is 0.436. The predicted molar refractivity (Wildman–Crippen MR) is 467 cm³/mol. The van der Waals surface area contributed by atoms with Gasteiger partial charge in [-0.15, -0.1) is 0 Å². The first-order valence-corrected chi connectivity index (χ1v) is 39.5. The molecule has 24 rings (SSSR count). The zero-order valence-corrected chi connectivity index (χ0v) is 62.3. The fraction of sp³-hybridized carbons (Fsp3) is 0.0275. The minimum atomic E-state index is -0.779. The maximum Gasteiger partial charge on any atom is 0.160 e. The Labute approximate surface area is 665 Å². The highest BCUT2D eigenvalue weighted by Crippen LogP contribution is 2.65. The third-order valence-corrected chi connectivity index (χ3v) is 24.8. The fourth-order valence-electron chi connectivity index (χ4n) is 19.7. The first-order chi connectivity index (χ1) is 56.9. The first kappa shape index (κ1) is 64.8. The Bertz CT molecular complexity index is 7330. The SMILES string of the molecule is C1=Cc2cc(-c3cc(-c4cccc(-c5ccc6c(c5)C5(c7cc(-c8cccc(-c9nc(-c%10cccc(-c%11ccc%12c(c%11)C%11(c%13ccccc%13O%12)c%12ccccc%12-c%12ccccc%12%11)c%10)cc(-c%10ccc%11c(ccc%12ccccc%12%11)c%10)n9)c8)ccc7O6)c6ccccc6-c6ccccc65)c4)nc(-c4ccccc4)n3)cc3cccc(c23)C1. The highest BCUT2D eigenvalue weighted by atomic mass is 16.5. The number of fused-ring (bicyclic) bond motifs is 21. The van der Waals surface area contributed by atoms with Crippen LogP contribution in [0.3, 0.4) is 0 Å². The number of aromatic nitrogens is 4. The fourth-order valence-corrected chi connectivity index (χ4v) is 19.7. The number of hydrogen-bond acceptors (Lipinski definition) is 6. The van der Waals surface area contributed by atoms with E-state index in [9.17, 15) is 0 Å². The Morgan fingerprint density at radius 2 is 0.609 bits per heavy atom. The van der Waals surface area contributed by atoms with Crippen molar-refractivity contribution in [3.63, 3.8) is 0 Å². The minimum Gasteiger partial charge on any atom is -0.457 e. The van der Waals surface area contributed by atoms with Crippen LogP contribution in [-0.2, 0) is 17.3 Å². The number of rotatable bonds is 9. The van der Waals surface area contributed by atoms with Crippen molar-refractivity contribution in [2.45, 2.75) is 17.3 Å². The molecular formula is C109H66N4O2. The van der Waals surface area contributed by atoms with Gasteiger partial charge in [0, 0.05) is 55.6 Å². The molecule has 0 amide bonds. The van der Waals surface area contributed by atoms with Gasteiger partial charge in [0.15, 0.2) is 11.6 Å². The summed E-state index contributed by atoms with van der Waals surface area (Å²) in [5, 5.41) is 7.29. The second kappa shape index (κ2) is 25.3. The second-order valence-corrected chi connectivity index (χ2v) is 31.0. The Morgan fingerprint density at radius 1 is 0.226 bits per heavy atom.